The van der Waals surface area contributed by atoms with Crippen molar-refractivity contribution in [2.75, 3.05) is 11.9 Å². The van der Waals surface area contributed by atoms with Gasteiger partial charge in [-0.25, -0.2) is 4.79 Å². The Balaban J connectivity index is 1.49. The topological polar surface area (TPSA) is 78.9 Å². The fourth-order valence-corrected chi connectivity index (χ4v) is 4.97. The van der Waals surface area contributed by atoms with Crippen molar-refractivity contribution in [3.63, 3.8) is 0 Å². The van der Waals surface area contributed by atoms with E-state index in [4.69, 9.17) is 4.74 Å². The second-order valence-corrected chi connectivity index (χ2v) is 8.76. The number of nitrogens with zero attached hydrogens (tertiary/aromatic N) is 1. The van der Waals surface area contributed by atoms with Gasteiger partial charge in [-0.15, -0.1) is 0 Å². The first-order valence-electron chi connectivity index (χ1n) is 11.1. The SMILES string of the molecule is Cc1cc2c(c(C(C)Nc3ccccc3C(=O)O)c1)CN(C1COCc3ccccc31)C2=O. The molecule has 33 heavy (non-hydrogen) atoms. The van der Waals surface area contributed by atoms with Crippen LogP contribution in [-0.4, -0.2) is 28.5 Å². The predicted molar refractivity (Wildman–Crippen MR) is 125 cm³/mol. The average Bonchev–Trinajstić information content (AvgIpc) is 3.14. The first kappa shape index (κ1) is 21.2. The first-order chi connectivity index (χ1) is 15.9. The number of hydrogen-bond donors (Lipinski definition) is 2. The number of rotatable bonds is 5. The van der Waals surface area contributed by atoms with Crippen molar-refractivity contribution < 1.29 is 19.4 Å². The highest BCUT2D eigenvalue weighted by atomic mass is 16.5. The molecule has 3 aromatic carbocycles. The van der Waals surface area contributed by atoms with Gasteiger partial charge in [0.2, 0.25) is 0 Å². The van der Waals surface area contributed by atoms with E-state index in [2.05, 4.69) is 23.5 Å². The van der Waals surface area contributed by atoms with Gasteiger partial charge >= 0.3 is 5.97 Å². The van der Waals surface area contributed by atoms with Crippen molar-refractivity contribution in [1.82, 2.24) is 4.90 Å². The summed E-state index contributed by atoms with van der Waals surface area (Å²) >= 11 is 0. The third kappa shape index (κ3) is 3.76. The number of aromatic carboxylic acids is 1. The Hall–Kier alpha value is -3.64. The second kappa shape index (κ2) is 8.37. The summed E-state index contributed by atoms with van der Waals surface area (Å²) in [4.78, 5) is 27.1. The molecule has 6 nitrogen and oxygen atoms in total. The average molecular weight is 443 g/mol. The van der Waals surface area contributed by atoms with Crippen LogP contribution in [0.15, 0.2) is 60.7 Å². The standard InChI is InChI=1S/C27H26N2O4/c1-16-11-21(17(2)28-24-10-6-5-9-20(24)27(31)32)23-13-29(26(30)22(23)12-16)25-15-33-14-18-7-3-4-8-19(18)25/h3-12,17,25,28H,13-15H2,1-2H3,(H,31,32). The number of hydrogen-bond acceptors (Lipinski definition) is 4. The summed E-state index contributed by atoms with van der Waals surface area (Å²) in [6.07, 6.45) is 0. The number of carbonyl (C=O) groups is 2. The van der Waals surface area contributed by atoms with Gasteiger partial charge in [0.05, 0.1) is 24.8 Å². The van der Waals surface area contributed by atoms with E-state index in [1.807, 2.05) is 43.0 Å². The molecule has 2 atom stereocenters. The van der Waals surface area contributed by atoms with E-state index in [1.165, 1.54) is 0 Å². The Bertz CT molecular complexity index is 1250. The molecule has 2 N–H and O–H groups in total. The van der Waals surface area contributed by atoms with E-state index in [0.29, 0.717) is 31.0 Å². The lowest BCUT2D eigenvalue weighted by atomic mass is 9.95. The molecule has 0 fully saturated rings. The zero-order chi connectivity index (χ0) is 23.1. The molecule has 5 rings (SSSR count). The summed E-state index contributed by atoms with van der Waals surface area (Å²) in [5.41, 5.74) is 6.75. The number of amides is 1. The van der Waals surface area contributed by atoms with Crippen LogP contribution in [0, 0.1) is 6.92 Å². The van der Waals surface area contributed by atoms with Crippen LogP contribution in [0.3, 0.4) is 0 Å². The number of carboxylic acid groups (broad SMARTS) is 1. The van der Waals surface area contributed by atoms with Crippen LogP contribution < -0.4 is 5.32 Å². The van der Waals surface area contributed by atoms with Crippen molar-refractivity contribution in [3.05, 3.63) is 99.6 Å². The van der Waals surface area contributed by atoms with Crippen LogP contribution in [0.25, 0.3) is 0 Å². The van der Waals surface area contributed by atoms with Crippen molar-refractivity contribution in [1.29, 1.82) is 0 Å². The Labute approximate surface area is 192 Å². The highest BCUT2D eigenvalue weighted by Crippen LogP contribution is 2.39. The molecule has 0 bridgehead atoms. The van der Waals surface area contributed by atoms with Gasteiger partial charge in [-0.05, 0) is 59.9 Å². The van der Waals surface area contributed by atoms with Crippen LogP contribution in [0.5, 0.6) is 0 Å². The van der Waals surface area contributed by atoms with Gasteiger partial charge in [-0.2, -0.15) is 0 Å². The molecule has 0 saturated carbocycles. The highest BCUT2D eigenvalue weighted by molar-refractivity contribution is 5.99. The molecular formula is C27H26N2O4. The lowest BCUT2D eigenvalue weighted by Crippen LogP contribution is -2.35. The monoisotopic (exact) mass is 442 g/mol. The minimum Gasteiger partial charge on any atom is -0.478 e. The van der Waals surface area contributed by atoms with Crippen LogP contribution >= 0.6 is 0 Å². The smallest absolute Gasteiger partial charge is 0.337 e. The zero-order valence-electron chi connectivity index (χ0n) is 18.7. The van der Waals surface area contributed by atoms with E-state index in [1.54, 1.807) is 18.2 Å². The summed E-state index contributed by atoms with van der Waals surface area (Å²) in [5, 5.41) is 12.9. The number of fused-ring (bicyclic) bond motifs is 2. The van der Waals surface area contributed by atoms with E-state index in [-0.39, 0.29) is 23.6 Å². The summed E-state index contributed by atoms with van der Waals surface area (Å²) in [6, 6.07) is 18.7. The molecule has 0 saturated heterocycles. The molecule has 0 spiro atoms. The van der Waals surface area contributed by atoms with E-state index < -0.39 is 5.97 Å². The summed E-state index contributed by atoms with van der Waals surface area (Å²) in [5.74, 6) is -0.963. The van der Waals surface area contributed by atoms with Crippen LogP contribution in [-0.2, 0) is 17.9 Å². The Kier molecular flexibility index (Phi) is 5.38. The summed E-state index contributed by atoms with van der Waals surface area (Å²) in [6.45, 7) is 5.52. The Morgan fingerprint density at radius 2 is 1.91 bits per heavy atom. The fraction of sp³-hybridized carbons (Fsp3) is 0.259. The van der Waals surface area contributed by atoms with E-state index in [0.717, 1.165) is 27.8 Å². The molecular weight excluding hydrogens is 416 g/mol. The number of benzene rings is 3. The van der Waals surface area contributed by atoms with Crippen molar-refractivity contribution in [2.24, 2.45) is 0 Å². The molecule has 0 aromatic heterocycles. The first-order valence-corrected chi connectivity index (χ1v) is 11.1. The third-order valence-corrected chi connectivity index (χ3v) is 6.57. The molecule has 2 aliphatic heterocycles. The number of carbonyl (C=O) groups excluding carboxylic acids is 1. The van der Waals surface area contributed by atoms with Crippen LogP contribution in [0.2, 0.25) is 0 Å². The number of nitrogens with one attached hydrogen (secondary N) is 1. The molecule has 0 aliphatic carbocycles. The van der Waals surface area contributed by atoms with Gasteiger partial charge in [0, 0.05) is 23.8 Å². The van der Waals surface area contributed by atoms with Crippen molar-refractivity contribution in [3.8, 4) is 0 Å². The number of ether oxygens (including phenoxy) is 1. The maximum absolute atomic E-state index is 13.5. The van der Waals surface area contributed by atoms with Crippen LogP contribution in [0.1, 0.15) is 67.5 Å². The van der Waals surface area contributed by atoms with Gasteiger partial charge in [0.1, 0.15) is 0 Å². The second-order valence-electron chi connectivity index (χ2n) is 8.76. The number of aryl methyl sites for hydroxylation is 1. The summed E-state index contributed by atoms with van der Waals surface area (Å²) in [7, 11) is 0. The van der Waals surface area contributed by atoms with Gasteiger partial charge in [-0.1, -0.05) is 42.5 Å². The summed E-state index contributed by atoms with van der Waals surface area (Å²) < 4.78 is 5.82. The molecule has 1 amide bonds. The predicted octanol–water partition coefficient (Wildman–Crippen LogP) is 5.09. The molecule has 3 aromatic rings. The van der Waals surface area contributed by atoms with E-state index >= 15 is 0 Å². The molecule has 2 aliphatic rings. The largest absolute Gasteiger partial charge is 0.478 e. The van der Waals surface area contributed by atoms with Gasteiger partial charge in [0.25, 0.3) is 5.91 Å². The minimum atomic E-state index is -0.975. The van der Waals surface area contributed by atoms with E-state index in [9.17, 15) is 14.7 Å². The maximum atomic E-state index is 13.5. The molecule has 168 valence electrons. The third-order valence-electron chi connectivity index (χ3n) is 6.57. The van der Waals surface area contributed by atoms with Crippen molar-refractivity contribution >= 4 is 17.6 Å². The number of para-hydroxylation sites is 1. The van der Waals surface area contributed by atoms with Gasteiger partial charge in [-0.3, -0.25) is 4.79 Å². The lowest BCUT2D eigenvalue weighted by molar-refractivity contribution is 0.0283. The fourth-order valence-electron chi connectivity index (χ4n) is 4.97. The molecule has 2 heterocycles. The molecule has 6 heteroatoms. The number of carboxylic acids is 1. The minimum absolute atomic E-state index is 0.0124. The quantitative estimate of drug-likeness (QED) is 0.575. The normalized spacial score (nSPS) is 17.9. The van der Waals surface area contributed by atoms with Gasteiger partial charge in [0.15, 0.2) is 0 Å². The van der Waals surface area contributed by atoms with Gasteiger partial charge < -0.3 is 20.1 Å². The lowest BCUT2D eigenvalue weighted by Gasteiger charge is -2.33. The van der Waals surface area contributed by atoms with Crippen LogP contribution in [0.4, 0.5) is 5.69 Å². The Morgan fingerprint density at radius 1 is 1.15 bits per heavy atom. The highest BCUT2D eigenvalue weighted by Gasteiger charge is 2.37. The molecule has 2 unspecified atom stereocenters. The maximum Gasteiger partial charge on any atom is 0.337 e. The number of anilines is 1. The van der Waals surface area contributed by atoms with Crippen molar-refractivity contribution in [2.45, 2.75) is 39.1 Å². The zero-order valence-corrected chi connectivity index (χ0v) is 18.7. The molecule has 0 radical (unpaired) electrons. The Morgan fingerprint density at radius 3 is 2.73 bits per heavy atom.